The summed E-state index contributed by atoms with van der Waals surface area (Å²) in [6.07, 6.45) is 0.507. The monoisotopic (exact) mass is 266 g/mol. The second-order valence-corrected chi connectivity index (χ2v) is 4.67. The van der Waals surface area contributed by atoms with Crippen LogP contribution in [0.2, 0.25) is 0 Å². The molecule has 0 atom stereocenters. The van der Waals surface area contributed by atoms with E-state index in [2.05, 4.69) is 10.1 Å². The first kappa shape index (κ1) is 12.4. The summed E-state index contributed by atoms with van der Waals surface area (Å²) in [6, 6.07) is 15.0. The van der Waals surface area contributed by atoms with Gasteiger partial charge in [0.2, 0.25) is 11.7 Å². The van der Waals surface area contributed by atoms with Crippen molar-refractivity contribution in [1.29, 1.82) is 0 Å². The van der Waals surface area contributed by atoms with Gasteiger partial charge in [-0.1, -0.05) is 41.6 Å². The van der Waals surface area contributed by atoms with Crippen LogP contribution in [0.5, 0.6) is 5.75 Å². The molecule has 1 heterocycles. The zero-order chi connectivity index (χ0) is 13.9. The minimum Gasteiger partial charge on any atom is -0.508 e. The third-order valence-corrected chi connectivity index (χ3v) is 3.12. The van der Waals surface area contributed by atoms with Gasteiger partial charge in [0.1, 0.15) is 5.75 Å². The summed E-state index contributed by atoms with van der Waals surface area (Å²) in [5.41, 5.74) is 3.01. The largest absolute Gasteiger partial charge is 0.508 e. The Balaban J connectivity index is 1.86. The number of nitrogens with zero attached hydrogens (tertiary/aromatic N) is 2. The lowest BCUT2D eigenvalue weighted by Crippen LogP contribution is -1.89. The third-order valence-electron chi connectivity index (χ3n) is 3.12. The smallest absolute Gasteiger partial charge is 0.231 e. The molecular weight excluding hydrogens is 252 g/mol. The van der Waals surface area contributed by atoms with E-state index < -0.39 is 0 Å². The first-order valence-electron chi connectivity index (χ1n) is 6.39. The number of aromatic hydroxyl groups is 1. The van der Waals surface area contributed by atoms with E-state index in [0.29, 0.717) is 18.1 Å². The Bertz CT molecular complexity index is 735. The van der Waals surface area contributed by atoms with E-state index in [0.717, 1.165) is 16.7 Å². The van der Waals surface area contributed by atoms with Crippen LogP contribution in [0.25, 0.3) is 11.4 Å². The summed E-state index contributed by atoms with van der Waals surface area (Å²) in [4.78, 5) is 4.41. The lowest BCUT2D eigenvalue weighted by atomic mass is 10.1. The highest BCUT2D eigenvalue weighted by molar-refractivity contribution is 5.59. The number of hydrogen-bond acceptors (Lipinski definition) is 4. The number of aryl methyl sites for hydroxylation is 1. The molecule has 0 saturated heterocycles. The zero-order valence-corrected chi connectivity index (χ0v) is 11.1. The van der Waals surface area contributed by atoms with Gasteiger partial charge in [0.25, 0.3) is 0 Å². The van der Waals surface area contributed by atoms with E-state index in [1.165, 1.54) is 0 Å². The minimum atomic E-state index is 0.237. The second-order valence-electron chi connectivity index (χ2n) is 4.67. The Morgan fingerprint density at radius 1 is 1.10 bits per heavy atom. The van der Waals surface area contributed by atoms with E-state index in [-0.39, 0.29) is 5.75 Å². The van der Waals surface area contributed by atoms with E-state index in [4.69, 9.17) is 4.52 Å². The maximum atomic E-state index is 9.44. The molecule has 0 radical (unpaired) electrons. The summed E-state index contributed by atoms with van der Waals surface area (Å²) >= 11 is 0. The van der Waals surface area contributed by atoms with Gasteiger partial charge in [-0.3, -0.25) is 0 Å². The zero-order valence-electron chi connectivity index (χ0n) is 11.1. The molecule has 4 nitrogen and oxygen atoms in total. The van der Waals surface area contributed by atoms with Crippen molar-refractivity contribution in [2.24, 2.45) is 0 Å². The third kappa shape index (κ3) is 2.54. The number of phenolic OH excluding ortho intramolecular Hbond substituents is 1. The van der Waals surface area contributed by atoms with Gasteiger partial charge in [-0.05, 0) is 30.2 Å². The van der Waals surface area contributed by atoms with Crippen LogP contribution in [-0.2, 0) is 6.42 Å². The van der Waals surface area contributed by atoms with E-state index >= 15 is 0 Å². The van der Waals surface area contributed by atoms with Crippen LogP contribution in [0.3, 0.4) is 0 Å². The molecule has 0 spiro atoms. The average Bonchev–Trinajstić information content (AvgIpc) is 2.87. The Morgan fingerprint density at radius 3 is 2.75 bits per heavy atom. The Hall–Kier alpha value is -2.62. The first-order valence-corrected chi connectivity index (χ1v) is 6.39. The van der Waals surface area contributed by atoms with Crippen LogP contribution in [0.1, 0.15) is 17.0 Å². The molecule has 2 aromatic carbocycles. The van der Waals surface area contributed by atoms with Crippen molar-refractivity contribution in [2.75, 3.05) is 0 Å². The van der Waals surface area contributed by atoms with Crippen molar-refractivity contribution >= 4 is 0 Å². The number of aromatic nitrogens is 2. The molecule has 3 aromatic rings. The normalized spacial score (nSPS) is 10.7. The van der Waals surface area contributed by atoms with E-state index in [1.807, 2.05) is 37.3 Å². The average molecular weight is 266 g/mol. The molecule has 20 heavy (non-hydrogen) atoms. The predicted octanol–water partition coefficient (Wildman–Crippen LogP) is 3.34. The highest BCUT2D eigenvalue weighted by Crippen LogP contribution is 2.21. The molecule has 0 unspecified atom stereocenters. The van der Waals surface area contributed by atoms with Crippen molar-refractivity contribution in [1.82, 2.24) is 10.1 Å². The summed E-state index contributed by atoms with van der Waals surface area (Å²) < 4.78 is 5.28. The topological polar surface area (TPSA) is 59.2 Å². The Labute approximate surface area is 116 Å². The van der Waals surface area contributed by atoms with Gasteiger partial charge in [-0.15, -0.1) is 0 Å². The quantitative estimate of drug-likeness (QED) is 0.789. The molecule has 4 heteroatoms. The summed E-state index contributed by atoms with van der Waals surface area (Å²) in [5, 5.41) is 13.5. The van der Waals surface area contributed by atoms with Crippen molar-refractivity contribution < 1.29 is 9.63 Å². The molecule has 0 saturated carbocycles. The molecule has 0 bridgehead atoms. The van der Waals surface area contributed by atoms with Crippen LogP contribution < -0.4 is 0 Å². The fraction of sp³-hybridized carbons (Fsp3) is 0.125. The van der Waals surface area contributed by atoms with Gasteiger partial charge in [0.15, 0.2) is 0 Å². The Morgan fingerprint density at radius 2 is 1.95 bits per heavy atom. The maximum absolute atomic E-state index is 9.44. The van der Waals surface area contributed by atoms with Crippen LogP contribution in [0.15, 0.2) is 53.1 Å². The van der Waals surface area contributed by atoms with Gasteiger partial charge in [-0.25, -0.2) is 0 Å². The van der Waals surface area contributed by atoms with E-state index in [1.54, 1.807) is 18.2 Å². The fourth-order valence-corrected chi connectivity index (χ4v) is 2.10. The van der Waals surface area contributed by atoms with Gasteiger partial charge in [0.05, 0.1) is 6.42 Å². The molecule has 1 aromatic heterocycles. The molecular formula is C16H14N2O2. The van der Waals surface area contributed by atoms with Crippen molar-refractivity contribution in [2.45, 2.75) is 13.3 Å². The molecule has 0 aliphatic heterocycles. The molecule has 3 rings (SSSR count). The van der Waals surface area contributed by atoms with Crippen molar-refractivity contribution in [3.63, 3.8) is 0 Å². The van der Waals surface area contributed by atoms with Crippen LogP contribution >= 0.6 is 0 Å². The summed E-state index contributed by atoms with van der Waals surface area (Å²) in [7, 11) is 0. The van der Waals surface area contributed by atoms with Crippen molar-refractivity contribution in [3.05, 3.63) is 65.5 Å². The molecule has 0 amide bonds. The molecule has 0 aliphatic carbocycles. The number of hydrogen-bond donors (Lipinski definition) is 1. The van der Waals surface area contributed by atoms with Gasteiger partial charge < -0.3 is 9.63 Å². The molecule has 1 N–H and O–H groups in total. The number of benzene rings is 2. The standard InChI is InChI=1S/C16H14N2O2/c1-11-5-2-3-8-14(11)16-17-15(20-18-16)10-12-6-4-7-13(19)9-12/h2-9,19H,10H2,1H3. The lowest BCUT2D eigenvalue weighted by Gasteiger charge is -1.98. The van der Waals surface area contributed by atoms with Crippen LogP contribution in [-0.4, -0.2) is 15.2 Å². The van der Waals surface area contributed by atoms with Gasteiger partial charge >= 0.3 is 0 Å². The highest BCUT2D eigenvalue weighted by Gasteiger charge is 2.11. The maximum Gasteiger partial charge on any atom is 0.231 e. The highest BCUT2D eigenvalue weighted by atomic mass is 16.5. The fourth-order valence-electron chi connectivity index (χ4n) is 2.10. The molecule has 0 aliphatic rings. The van der Waals surface area contributed by atoms with E-state index in [9.17, 15) is 5.11 Å². The van der Waals surface area contributed by atoms with Gasteiger partial charge in [-0.2, -0.15) is 4.98 Å². The second kappa shape index (κ2) is 5.17. The van der Waals surface area contributed by atoms with Gasteiger partial charge in [0, 0.05) is 5.56 Å². The van der Waals surface area contributed by atoms with Crippen LogP contribution in [0, 0.1) is 6.92 Å². The van der Waals surface area contributed by atoms with Crippen LogP contribution in [0.4, 0.5) is 0 Å². The number of phenols is 1. The Kier molecular flexibility index (Phi) is 3.21. The first-order chi connectivity index (χ1) is 9.72. The number of rotatable bonds is 3. The predicted molar refractivity (Wildman–Crippen MR) is 75.4 cm³/mol. The lowest BCUT2D eigenvalue weighted by molar-refractivity contribution is 0.385. The summed E-state index contributed by atoms with van der Waals surface area (Å²) in [5.74, 6) is 1.37. The molecule has 100 valence electrons. The summed E-state index contributed by atoms with van der Waals surface area (Å²) in [6.45, 7) is 2.01. The minimum absolute atomic E-state index is 0.237. The molecule has 0 fully saturated rings. The van der Waals surface area contributed by atoms with Crippen molar-refractivity contribution in [3.8, 4) is 17.1 Å². The SMILES string of the molecule is Cc1ccccc1-c1noc(Cc2cccc(O)c2)n1.